The molecule has 1 aromatic heterocycles. The summed E-state index contributed by atoms with van der Waals surface area (Å²) in [6.45, 7) is 3.36. The third kappa shape index (κ3) is 3.48. The third-order valence-electron chi connectivity index (χ3n) is 4.92. The molecule has 0 atom stereocenters. The Kier molecular flexibility index (Phi) is 4.49. The lowest BCUT2D eigenvalue weighted by atomic mass is 10.2. The van der Waals surface area contributed by atoms with Gasteiger partial charge in [0, 0.05) is 12.2 Å². The smallest absolute Gasteiger partial charge is 0.258 e. The number of hydrogen-bond donors (Lipinski definition) is 1. The zero-order chi connectivity index (χ0) is 19.0. The van der Waals surface area contributed by atoms with E-state index < -0.39 is 0 Å². The first kappa shape index (κ1) is 17.4. The van der Waals surface area contributed by atoms with Gasteiger partial charge in [0.2, 0.25) is 5.91 Å². The van der Waals surface area contributed by atoms with Crippen molar-refractivity contribution in [2.24, 2.45) is 0 Å². The number of hydrogen-bond acceptors (Lipinski definition) is 4. The number of aromatic amines is 1. The van der Waals surface area contributed by atoms with E-state index in [1.54, 1.807) is 6.07 Å². The minimum absolute atomic E-state index is 0.0569. The molecule has 1 aliphatic heterocycles. The molecule has 0 aliphatic carbocycles. The number of anilines is 1. The average molecular weight is 362 g/mol. The first-order chi connectivity index (χ1) is 13.0. The molecule has 0 fully saturated rings. The van der Waals surface area contributed by atoms with E-state index in [1.165, 1.54) is 5.56 Å². The molecule has 3 aromatic rings. The molecular formula is C21H22N4O2. The second-order valence-electron chi connectivity index (χ2n) is 7.13. The zero-order valence-corrected chi connectivity index (χ0v) is 15.5. The number of para-hydroxylation sites is 1. The maximum absolute atomic E-state index is 12.7. The van der Waals surface area contributed by atoms with Gasteiger partial charge < -0.3 is 9.88 Å². The SMILES string of the molecule is Cc1ccc2c(=O)[nH]c(CN(C)CC(=O)N3CCc4ccccc43)nc2c1. The van der Waals surface area contributed by atoms with E-state index in [0.717, 1.165) is 24.2 Å². The van der Waals surface area contributed by atoms with E-state index in [2.05, 4.69) is 16.0 Å². The quantitative estimate of drug-likeness (QED) is 0.773. The number of likely N-dealkylation sites (N-methyl/N-ethyl adjacent to an activating group) is 1. The fraction of sp³-hybridized carbons (Fsp3) is 0.286. The van der Waals surface area contributed by atoms with E-state index in [1.807, 2.05) is 54.1 Å². The normalized spacial score (nSPS) is 13.4. The Balaban J connectivity index is 1.48. The fourth-order valence-corrected chi connectivity index (χ4v) is 3.60. The van der Waals surface area contributed by atoms with Crippen molar-refractivity contribution in [3.8, 4) is 0 Å². The Hall–Kier alpha value is -2.99. The average Bonchev–Trinajstić information content (AvgIpc) is 3.05. The molecule has 6 heteroatoms. The minimum Gasteiger partial charge on any atom is -0.311 e. The highest BCUT2D eigenvalue weighted by molar-refractivity contribution is 5.96. The van der Waals surface area contributed by atoms with Crippen molar-refractivity contribution < 1.29 is 4.79 Å². The van der Waals surface area contributed by atoms with Crippen LogP contribution in [0.5, 0.6) is 0 Å². The third-order valence-corrected chi connectivity index (χ3v) is 4.92. The van der Waals surface area contributed by atoms with Gasteiger partial charge >= 0.3 is 0 Å². The lowest BCUT2D eigenvalue weighted by molar-refractivity contribution is -0.119. The monoisotopic (exact) mass is 362 g/mol. The highest BCUT2D eigenvalue weighted by atomic mass is 16.2. The second kappa shape index (κ2) is 6.96. The molecule has 0 unspecified atom stereocenters. The molecule has 0 spiro atoms. The van der Waals surface area contributed by atoms with Crippen molar-refractivity contribution >= 4 is 22.5 Å². The fourth-order valence-electron chi connectivity index (χ4n) is 3.60. The highest BCUT2D eigenvalue weighted by Gasteiger charge is 2.24. The van der Waals surface area contributed by atoms with Crippen molar-refractivity contribution in [3.63, 3.8) is 0 Å². The van der Waals surface area contributed by atoms with Gasteiger partial charge in [0.05, 0.1) is 24.0 Å². The number of carbonyl (C=O) groups is 1. The molecule has 1 amide bonds. The van der Waals surface area contributed by atoms with Crippen LogP contribution < -0.4 is 10.5 Å². The van der Waals surface area contributed by atoms with Crippen LogP contribution in [0.2, 0.25) is 0 Å². The Labute approximate surface area is 157 Å². The van der Waals surface area contributed by atoms with Crippen LogP contribution in [0.4, 0.5) is 5.69 Å². The van der Waals surface area contributed by atoms with Crippen LogP contribution in [-0.2, 0) is 17.8 Å². The van der Waals surface area contributed by atoms with Crippen LogP contribution in [0.1, 0.15) is 17.0 Å². The van der Waals surface area contributed by atoms with Gasteiger partial charge in [-0.3, -0.25) is 14.5 Å². The van der Waals surface area contributed by atoms with Gasteiger partial charge in [0.15, 0.2) is 0 Å². The Morgan fingerprint density at radius 2 is 2.07 bits per heavy atom. The van der Waals surface area contributed by atoms with E-state index >= 15 is 0 Å². The van der Waals surface area contributed by atoms with E-state index in [0.29, 0.717) is 23.3 Å². The largest absolute Gasteiger partial charge is 0.311 e. The maximum Gasteiger partial charge on any atom is 0.258 e. The molecule has 0 bridgehead atoms. The minimum atomic E-state index is -0.150. The number of fused-ring (bicyclic) bond motifs is 2. The van der Waals surface area contributed by atoms with E-state index in [4.69, 9.17) is 0 Å². The number of aryl methyl sites for hydroxylation is 1. The number of nitrogens with one attached hydrogen (secondary N) is 1. The standard InChI is InChI=1S/C21H22N4O2/c1-14-7-8-16-17(11-14)22-19(23-21(16)27)12-24(2)13-20(26)25-10-9-15-5-3-4-6-18(15)25/h3-8,11H,9-10,12-13H2,1-2H3,(H,22,23,27). The van der Waals surface area contributed by atoms with Crippen LogP contribution in [0.25, 0.3) is 10.9 Å². The zero-order valence-electron chi connectivity index (χ0n) is 15.5. The van der Waals surface area contributed by atoms with Crippen molar-refractivity contribution in [3.05, 3.63) is 69.8 Å². The summed E-state index contributed by atoms with van der Waals surface area (Å²) in [5.74, 6) is 0.622. The Morgan fingerprint density at radius 1 is 1.26 bits per heavy atom. The maximum atomic E-state index is 12.7. The molecule has 2 aromatic carbocycles. The number of carbonyl (C=O) groups excluding carboxylic acids is 1. The van der Waals surface area contributed by atoms with Crippen LogP contribution in [0.3, 0.4) is 0 Å². The first-order valence-corrected chi connectivity index (χ1v) is 9.07. The van der Waals surface area contributed by atoms with Crippen LogP contribution >= 0.6 is 0 Å². The summed E-state index contributed by atoms with van der Waals surface area (Å²) in [6.07, 6.45) is 0.893. The van der Waals surface area contributed by atoms with Gasteiger partial charge in [-0.1, -0.05) is 24.3 Å². The summed E-state index contributed by atoms with van der Waals surface area (Å²) in [5, 5.41) is 0.580. The lowest BCUT2D eigenvalue weighted by Crippen LogP contribution is -2.38. The van der Waals surface area contributed by atoms with Crippen LogP contribution in [0.15, 0.2) is 47.3 Å². The Bertz CT molecular complexity index is 1070. The van der Waals surface area contributed by atoms with Gasteiger partial charge in [0.25, 0.3) is 5.56 Å². The van der Waals surface area contributed by atoms with Crippen molar-refractivity contribution in [1.29, 1.82) is 0 Å². The number of rotatable bonds is 4. The molecule has 0 radical (unpaired) electrons. The van der Waals surface area contributed by atoms with Crippen molar-refractivity contribution in [1.82, 2.24) is 14.9 Å². The number of nitrogens with zero attached hydrogens (tertiary/aromatic N) is 3. The lowest BCUT2D eigenvalue weighted by Gasteiger charge is -2.21. The van der Waals surface area contributed by atoms with Crippen molar-refractivity contribution in [2.75, 3.05) is 25.0 Å². The van der Waals surface area contributed by atoms with Gasteiger partial charge in [-0.05, 0) is 49.7 Å². The second-order valence-corrected chi connectivity index (χ2v) is 7.13. The number of aromatic nitrogens is 2. The van der Waals surface area contributed by atoms with Gasteiger partial charge in [-0.15, -0.1) is 0 Å². The molecular weight excluding hydrogens is 340 g/mol. The Morgan fingerprint density at radius 3 is 2.93 bits per heavy atom. The van der Waals surface area contributed by atoms with Crippen molar-refractivity contribution in [2.45, 2.75) is 19.9 Å². The molecule has 27 heavy (non-hydrogen) atoms. The molecule has 138 valence electrons. The molecule has 1 aliphatic rings. The predicted octanol–water partition coefficient (Wildman–Crippen LogP) is 2.25. The van der Waals surface area contributed by atoms with E-state index in [-0.39, 0.29) is 18.0 Å². The topological polar surface area (TPSA) is 69.3 Å². The van der Waals surface area contributed by atoms with Crippen LogP contribution in [0, 0.1) is 6.92 Å². The summed E-state index contributed by atoms with van der Waals surface area (Å²) >= 11 is 0. The predicted molar refractivity (Wildman–Crippen MR) is 106 cm³/mol. The van der Waals surface area contributed by atoms with E-state index in [9.17, 15) is 9.59 Å². The molecule has 2 heterocycles. The summed E-state index contributed by atoms with van der Waals surface area (Å²) in [5.41, 5.74) is 3.81. The highest BCUT2D eigenvalue weighted by Crippen LogP contribution is 2.27. The molecule has 0 saturated carbocycles. The molecule has 4 rings (SSSR count). The number of benzene rings is 2. The summed E-state index contributed by atoms with van der Waals surface area (Å²) in [4.78, 5) is 36.1. The molecule has 6 nitrogen and oxygen atoms in total. The van der Waals surface area contributed by atoms with Gasteiger partial charge in [-0.25, -0.2) is 4.98 Å². The summed E-state index contributed by atoms with van der Waals surface area (Å²) in [7, 11) is 1.86. The van der Waals surface area contributed by atoms with Gasteiger partial charge in [-0.2, -0.15) is 0 Å². The first-order valence-electron chi connectivity index (χ1n) is 9.07. The summed E-state index contributed by atoms with van der Waals surface area (Å²) in [6, 6.07) is 13.6. The van der Waals surface area contributed by atoms with Gasteiger partial charge in [0.1, 0.15) is 5.82 Å². The summed E-state index contributed by atoms with van der Waals surface area (Å²) < 4.78 is 0. The number of amides is 1. The van der Waals surface area contributed by atoms with Crippen LogP contribution in [-0.4, -0.2) is 40.9 Å². The number of H-pyrrole nitrogens is 1. The molecule has 0 saturated heterocycles. The molecule has 1 N–H and O–H groups in total.